The second-order valence-corrected chi connectivity index (χ2v) is 19.3. The predicted molar refractivity (Wildman–Crippen MR) is 143 cm³/mol. The lowest BCUT2D eigenvalue weighted by Gasteiger charge is -2.25. The second kappa shape index (κ2) is 11.2. The first-order valence-corrected chi connectivity index (χ1v) is 17.1. The predicted octanol–water partition coefficient (Wildman–Crippen LogP) is 6.12. The Morgan fingerprint density at radius 3 is 2.43 bits per heavy atom. The number of hydrogen-bond donors (Lipinski definition) is 1. The fraction of sp³-hybridized carbons (Fsp3) is 0.500. The molecule has 0 saturated carbocycles. The van der Waals surface area contributed by atoms with Crippen molar-refractivity contribution in [2.75, 3.05) is 6.61 Å². The highest BCUT2D eigenvalue weighted by Crippen LogP contribution is 2.29. The van der Waals surface area contributed by atoms with E-state index in [4.69, 9.17) is 9.72 Å². The number of nitrogens with zero attached hydrogens (tertiary/aromatic N) is 3. The number of rotatable bonds is 10. The van der Waals surface area contributed by atoms with Crippen LogP contribution in [0.15, 0.2) is 35.1 Å². The Labute approximate surface area is 217 Å². The first kappa shape index (κ1) is 28.0. The smallest absolute Gasteiger partial charge is 0.162 e. The first-order valence-electron chi connectivity index (χ1n) is 11.4. The van der Waals surface area contributed by atoms with E-state index in [9.17, 15) is 13.0 Å². The van der Waals surface area contributed by atoms with Crippen molar-refractivity contribution in [2.45, 2.75) is 70.4 Å². The van der Waals surface area contributed by atoms with Gasteiger partial charge in [0, 0.05) is 25.2 Å². The van der Waals surface area contributed by atoms with Gasteiger partial charge in [-0.15, -0.1) is 0 Å². The number of halogens is 3. The van der Waals surface area contributed by atoms with Gasteiger partial charge in [-0.25, -0.2) is 27.7 Å². The lowest BCUT2D eigenvalue weighted by Crippen LogP contribution is -2.37. The summed E-state index contributed by atoms with van der Waals surface area (Å²) in [6.45, 7) is 13.4. The molecule has 0 radical (unpaired) electrons. The number of ether oxygens (including phenoxy) is 1. The summed E-state index contributed by atoms with van der Waals surface area (Å²) in [6, 6.07) is 5.71. The number of imidazole rings is 1. The average Bonchev–Trinajstić information content (AvgIpc) is 3.09. The minimum Gasteiger partial charge on any atom is -0.361 e. The lowest BCUT2D eigenvalue weighted by atomic mass is 10.0. The molecule has 35 heavy (non-hydrogen) atoms. The SMILES string of the molecule is CC(C)(C)S(=O)NC(Cc1cc(F)cc(F)c1)c1nc2c(cc1Br)ncn2COCC[Si](C)(C)C. The van der Waals surface area contributed by atoms with Crippen molar-refractivity contribution in [3.05, 3.63) is 58.0 Å². The zero-order valence-electron chi connectivity index (χ0n) is 21.0. The number of hydrogen-bond acceptors (Lipinski definition) is 4. The summed E-state index contributed by atoms with van der Waals surface area (Å²) >= 11 is 3.57. The minimum atomic E-state index is -1.45. The Bertz CT molecular complexity index is 1190. The number of pyridine rings is 1. The summed E-state index contributed by atoms with van der Waals surface area (Å²) in [4.78, 5) is 9.27. The standard InChI is InChI=1S/C24H33BrF2N4O2SSi/c1-24(2,3)34(32)30-20(11-16-9-17(26)12-18(27)10-16)22-19(25)13-21-23(29-22)31(14-28-21)15-33-7-8-35(4,5)6/h9-10,12-14,20,30H,7-8,11,15H2,1-6H3. The zero-order valence-corrected chi connectivity index (χ0v) is 24.4. The molecule has 1 N–H and O–H groups in total. The van der Waals surface area contributed by atoms with Crippen molar-refractivity contribution >= 4 is 46.2 Å². The van der Waals surface area contributed by atoms with E-state index in [0.717, 1.165) is 12.1 Å². The Kier molecular flexibility index (Phi) is 9.01. The van der Waals surface area contributed by atoms with Crippen LogP contribution in [0.25, 0.3) is 11.2 Å². The largest absolute Gasteiger partial charge is 0.361 e. The third-order valence-electron chi connectivity index (χ3n) is 5.30. The molecular formula is C24H33BrF2N4O2SSi. The molecule has 0 amide bonds. The maximum atomic E-state index is 13.9. The van der Waals surface area contributed by atoms with Gasteiger partial charge in [0.25, 0.3) is 0 Å². The fourth-order valence-corrected chi connectivity index (χ4v) is 5.47. The highest BCUT2D eigenvalue weighted by molar-refractivity contribution is 9.10. The van der Waals surface area contributed by atoms with Gasteiger partial charge in [-0.2, -0.15) is 0 Å². The van der Waals surface area contributed by atoms with Crippen LogP contribution >= 0.6 is 15.9 Å². The van der Waals surface area contributed by atoms with Gasteiger partial charge in [-0.3, -0.25) is 4.57 Å². The van der Waals surface area contributed by atoms with Crippen LogP contribution in [0.2, 0.25) is 25.7 Å². The number of benzene rings is 1. The lowest BCUT2D eigenvalue weighted by molar-refractivity contribution is 0.0894. The molecular weight excluding hydrogens is 554 g/mol. The summed E-state index contributed by atoms with van der Waals surface area (Å²) in [5, 5.41) is 0. The van der Waals surface area contributed by atoms with Crippen LogP contribution < -0.4 is 4.72 Å². The van der Waals surface area contributed by atoms with Crippen LogP contribution in [-0.4, -0.2) is 38.2 Å². The summed E-state index contributed by atoms with van der Waals surface area (Å²) < 4.78 is 51.7. The Morgan fingerprint density at radius 1 is 1.17 bits per heavy atom. The molecule has 3 rings (SSSR count). The van der Waals surface area contributed by atoms with E-state index in [0.29, 0.717) is 40.2 Å². The highest BCUT2D eigenvalue weighted by Gasteiger charge is 2.27. The fourth-order valence-electron chi connectivity index (χ4n) is 3.32. The normalized spacial score (nSPS) is 14.4. The Hall–Kier alpha value is -1.53. The molecule has 11 heteroatoms. The van der Waals surface area contributed by atoms with Crippen LogP contribution in [0.1, 0.15) is 38.1 Å². The zero-order chi connectivity index (χ0) is 26.0. The maximum absolute atomic E-state index is 13.9. The quantitative estimate of drug-likeness (QED) is 0.229. The Balaban J connectivity index is 1.95. The molecule has 2 heterocycles. The van der Waals surface area contributed by atoms with Gasteiger partial charge in [0.1, 0.15) is 23.9 Å². The van der Waals surface area contributed by atoms with E-state index >= 15 is 0 Å². The molecule has 2 unspecified atom stereocenters. The average molecular weight is 588 g/mol. The number of aromatic nitrogens is 3. The van der Waals surface area contributed by atoms with E-state index in [1.807, 2.05) is 31.4 Å². The molecule has 0 saturated heterocycles. The van der Waals surface area contributed by atoms with Gasteiger partial charge in [0.2, 0.25) is 0 Å². The molecule has 2 aromatic heterocycles. The minimum absolute atomic E-state index is 0.189. The third kappa shape index (κ3) is 7.98. The number of fused-ring (bicyclic) bond motifs is 1. The van der Waals surface area contributed by atoms with Crippen LogP contribution in [0.3, 0.4) is 0 Å². The Morgan fingerprint density at radius 2 is 1.83 bits per heavy atom. The van der Waals surface area contributed by atoms with Crippen molar-refractivity contribution in [1.29, 1.82) is 0 Å². The monoisotopic (exact) mass is 586 g/mol. The van der Waals surface area contributed by atoms with Crippen molar-refractivity contribution in [2.24, 2.45) is 0 Å². The van der Waals surface area contributed by atoms with Crippen molar-refractivity contribution < 1.29 is 17.7 Å². The molecule has 0 aliphatic carbocycles. The van der Waals surface area contributed by atoms with E-state index in [-0.39, 0.29) is 6.42 Å². The molecule has 2 atom stereocenters. The van der Waals surface area contributed by atoms with Gasteiger partial charge >= 0.3 is 0 Å². The molecule has 0 aliphatic rings. The molecule has 3 aromatic rings. The highest BCUT2D eigenvalue weighted by atomic mass is 79.9. The topological polar surface area (TPSA) is 69.0 Å². The van der Waals surface area contributed by atoms with Gasteiger partial charge in [0.15, 0.2) is 5.65 Å². The summed E-state index contributed by atoms with van der Waals surface area (Å²) in [6.07, 6.45) is 1.87. The first-order chi connectivity index (χ1) is 16.2. The molecule has 0 bridgehead atoms. The molecule has 0 fully saturated rings. The summed E-state index contributed by atoms with van der Waals surface area (Å²) in [5.74, 6) is -1.32. The van der Waals surface area contributed by atoms with Gasteiger partial charge in [0.05, 0.1) is 33.8 Å². The molecule has 0 spiro atoms. The molecule has 192 valence electrons. The molecule has 0 aliphatic heterocycles. The van der Waals surface area contributed by atoms with E-state index in [1.54, 1.807) is 6.33 Å². The van der Waals surface area contributed by atoms with Gasteiger partial charge < -0.3 is 4.74 Å². The van der Waals surface area contributed by atoms with Crippen LogP contribution in [-0.2, 0) is 28.9 Å². The van der Waals surface area contributed by atoms with Crippen LogP contribution in [0, 0.1) is 11.6 Å². The van der Waals surface area contributed by atoms with Crippen LogP contribution in [0.5, 0.6) is 0 Å². The number of nitrogens with one attached hydrogen (secondary N) is 1. The molecule has 1 aromatic carbocycles. The van der Waals surface area contributed by atoms with Gasteiger partial charge in [-0.1, -0.05) is 19.6 Å². The van der Waals surface area contributed by atoms with Crippen molar-refractivity contribution in [3.63, 3.8) is 0 Å². The second-order valence-electron chi connectivity index (χ2n) is 10.8. The van der Waals surface area contributed by atoms with E-state index in [2.05, 4.69) is 45.3 Å². The summed E-state index contributed by atoms with van der Waals surface area (Å²) in [7, 11) is -2.65. The third-order valence-corrected chi connectivity index (χ3v) is 9.25. The van der Waals surface area contributed by atoms with Crippen LogP contribution in [0.4, 0.5) is 8.78 Å². The van der Waals surface area contributed by atoms with E-state index < -0.39 is 41.5 Å². The molecule has 6 nitrogen and oxygen atoms in total. The van der Waals surface area contributed by atoms with Gasteiger partial charge in [-0.05, 0) is 72.9 Å². The van der Waals surface area contributed by atoms with E-state index in [1.165, 1.54) is 12.1 Å². The van der Waals surface area contributed by atoms with Crippen molar-refractivity contribution in [1.82, 2.24) is 19.3 Å². The maximum Gasteiger partial charge on any atom is 0.162 e. The summed E-state index contributed by atoms with van der Waals surface area (Å²) in [5.41, 5.74) is 2.31. The van der Waals surface area contributed by atoms with Crippen molar-refractivity contribution in [3.8, 4) is 0 Å².